The van der Waals surface area contributed by atoms with Crippen molar-refractivity contribution < 1.29 is 47.3 Å². The molecule has 4 aromatic rings. The summed E-state index contributed by atoms with van der Waals surface area (Å²) in [4.78, 5) is 61.2. The molecule has 0 saturated carbocycles. The lowest BCUT2D eigenvalue weighted by Crippen LogP contribution is -2.40. The predicted molar refractivity (Wildman–Crippen MR) is 154 cm³/mol. The highest BCUT2D eigenvalue weighted by molar-refractivity contribution is 6.16. The zero-order valence-corrected chi connectivity index (χ0v) is 23.8. The number of carbonyl (C=O) groups is 4. The molecular weight excluding hydrogens is 560 g/mol. The fourth-order valence-corrected chi connectivity index (χ4v) is 5.42. The summed E-state index contributed by atoms with van der Waals surface area (Å²) in [5.41, 5.74) is 0.673. The summed E-state index contributed by atoms with van der Waals surface area (Å²) in [6.07, 6.45) is -2.80. The van der Waals surface area contributed by atoms with E-state index in [1.54, 1.807) is 36.4 Å². The summed E-state index contributed by atoms with van der Waals surface area (Å²) >= 11 is 0. The van der Waals surface area contributed by atoms with Gasteiger partial charge in [-0.15, -0.1) is 0 Å². The van der Waals surface area contributed by atoms with Gasteiger partial charge in [-0.3, -0.25) is 19.2 Å². The van der Waals surface area contributed by atoms with Crippen LogP contribution in [0, 0.1) is 0 Å². The van der Waals surface area contributed by atoms with Crippen molar-refractivity contribution >= 4 is 62.5 Å². The molecule has 1 fully saturated rings. The number of rotatable bonds is 7. The van der Waals surface area contributed by atoms with Crippen LogP contribution in [-0.4, -0.2) is 48.8 Å². The Balaban J connectivity index is 1.81. The Kier molecular flexibility index (Phi) is 8.01. The van der Waals surface area contributed by atoms with Crippen molar-refractivity contribution in [3.63, 3.8) is 0 Å². The first-order valence-electron chi connectivity index (χ1n) is 13.4. The summed E-state index contributed by atoms with van der Waals surface area (Å²) in [5, 5.41) is 2.28. The first-order chi connectivity index (χ1) is 20.5. The first-order valence-corrected chi connectivity index (χ1v) is 13.4. The molecule has 0 amide bonds. The van der Waals surface area contributed by atoms with E-state index in [1.807, 2.05) is 6.07 Å². The number of carbonyl (C=O) groups excluding carboxylic acids is 4. The third-order valence-corrected chi connectivity index (χ3v) is 7.04. The molecule has 43 heavy (non-hydrogen) atoms. The third kappa shape index (κ3) is 5.71. The zero-order valence-electron chi connectivity index (χ0n) is 23.8. The summed E-state index contributed by atoms with van der Waals surface area (Å²) in [6.45, 7) is 8.32. The normalized spacial score (nSPS) is 19.7. The van der Waals surface area contributed by atoms with Crippen LogP contribution in [0.4, 0.5) is 0 Å². The van der Waals surface area contributed by atoms with Crippen LogP contribution in [0.3, 0.4) is 0 Å². The Bertz CT molecular complexity index is 1870. The van der Waals surface area contributed by atoms with E-state index >= 15 is 0 Å². The maximum Gasteiger partial charge on any atom is 0.344 e. The summed E-state index contributed by atoms with van der Waals surface area (Å²) in [6, 6.07) is 11.9. The van der Waals surface area contributed by atoms with E-state index in [0.717, 1.165) is 5.56 Å². The molecule has 1 aromatic heterocycles. The van der Waals surface area contributed by atoms with Gasteiger partial charge in [0, 0.05) is 43.9 Å². The number of hydrogen-bond acceptors (Lipinski definition) is 11. The minimum Gasteiger partial charge on any atom is -0.463 e. The molecule has 0 radical (unpaired) electrons. The lowest BCUT2D eigenvalue weighted by molar-refractivity contribution is -0.165. The van der Waals surface area contributed by atoms with Gasteiger partial charge in [0.15, 0.2) is 12.2 Å². The fourth-order valence-electron chi connectivity index (χ4n) is 5.42. The molecule has 0 N–H and O–H groups in total. The minimum atomic E-state index is -1.18. The maximum atomic E-state index is 13.3. The number of ether oxygens (including phenoxy) is 5. The Morgan fingerprint density at radius 1 is 0.814 bits per heavy atom. The maximum absolute atomic E-state index is 13.3. The van der Waals surface area contributed by atoms with Crippen molar-refractivity contribution in [3.05, 3.63) is 70.6 Å². The number of fused-ring (bicyclic) bond motifs is 5. The Labute approximate surface area is 244 Å². The average Bonchev–Trinajstić information content (AvgIpc) is 3.26. The topological polar surface area (TPSA) is 145 Å². The molecular formula is C32H28O11. The van der Waals surface area contributed by atoms with Crippen molar-refractivity contribution in [3.8, 4) is 5.75 Å². The van der Waals surface area contributed by atoms with Gasteiger partial charge in [-0.05, 0) is 40.8 Å². The van der Waals surface area contributed by atoms with E-state index in [1.165, 1.54) is 33.8 Å². The Morgan fingerprint density at radius 3 is 2.14 bits per heavy atom. The molecule has 1 saturated heterocycles. The highest BCUT2D eigenvalue weighted by atomic mass is 16.6. The predicted octanol–water partition coefficient (Wildman–Crippen LogP) is 4.53. The Morgan fingerprint density at radius 2 is 1.49 bits per heavy atom. The van der Waals surface area contributed by atoms with Crippen LogP contribution >= 0.6 is 0 Å². The van der Waals surface area contributed by atoms with Gasteiger partial charge >= 0.3 is 29.5 Å². The van der Waals surface area contributed by atoms with Gasteiger partial charge in [-0.2, -0.15) is 0 Å². The molecule has 11 heteroatoms. The van der Waals surface area contributed by atoms with Crippen LogP contribution in [0.25, 0.3) is 38.6 Å². The molecule has 0 aliphatic carbocycles. The standard InChI is InChI=1S/C32H28O11/c1-6-19-7-8-20-21-9-10-22-25(39-16(3)34)12-11-23(27(22)28(21)43-32(37)24(20)13-19)29-31(41-18(5)36)30(40-17(4)35)26(42-29)14-38-15(2)33/h6-13,26,29-31H,1,14H2,2-5H3/t26-,29+,30-,31+/m1/s1. The van der Waals surface area contributed by atoms with Crippen LogP contribution < -0.4 is 10.4 Å². The number of benzene rings is 3. The van der Waals surface area contributed by atoms with E-state index < -0.39 is 53.9 Å². The fraction of sp³-hybridized carbons (Fsp3) is 0.281. The van der Waals surface area contributed by atoms with Crippen LogP contribution in [0.1, 0.15) is 44.9 Å². The zero-order chi connectivity index (χ0) is 31.0. The highest BCUT2D eigenvalue weighted by Gasteiger charge is 2.50. The second-order valence-corrected chi connectivity index (χ2v) is 10.1. The largest absolute Gasteiger partial charge is 0.463 e. The van der Waals surface area contributed by atoms with Gasteiger partial charge in [-0.1, -0.05) is 30.9 Å². The van der Waals surface area contributed by atoms with Crippen molar-refractivity contribution in [2.24, 2.45) is 0 Å². The van der Waals surface area contributed by atoms with Crippen molar-refractivity contribution in [2.45, 2.75) is 52.1 Å². The summed E-state index contributed by atoms with van der Waals surface area (Å²) < 4.78 is 34.0. The molecule has 1 aliphatic rings. The van der Waals surface area contributed by atoms with Gasteiger partial charge in [0.2, 0.25) is 0 Å². The van der Waals surface area contributed by atoms with Crippen molar-refractivity contribution in [1.82, 2.24) is 0 Å². The molecule has 5 rings (SSSR count). The number of hydrogen-bond donors (Lipinski definition) is 0. The van der Waals surface area contributed by atoms with E-state index in [0.29, 0.717) is 32.5 Å². The molecule has 0 unspecified atom stereocenters. The van der Waals surface area contributed by atoms with Gasteiger partial charge in [0.25, 0.3) is 0 Å². The SMILES string of the molecule is C=Cc1ccc2c(c1)c(=O)oc1c2ccc2c(OC(C)=O)ccc([C@@H]3O[C@H](COC(C)=O)[C@@H](OC(C)=O)[C@H]3OC(C)=O)c21. The van der Waals surface area contributed by atoms with Crippen LogP contribution in [0.2, 0.25) is 0 Å². The molecule has 222 valence electrons. The second kappa shape index (κ2) is 11.7. The number of esters is 4. The average molecular weight is 589 g/mol. The van der Waals surface area contributed by atoms with Gasteiger partial charge < -0.3 is 28.1 Å². The third-order valence-electron chi connectivity index (χ3n) is 7.04. The molecule has 2 heterocycles. The summed E-state index contributed by atoms with van der Waals surface area (Å²) in [7, 11) is 0. The summed E-state index contributed by atoms with van der Waals surface area (Å²) in [5.74, 6) is -2.32. The quantitative estimate of drug-likeness (QED) is 0.0987. The van der Waals surface area contributed by atoms with Crippen LogP contribution in [0.15, 0.2) is 58.3 Å². The molecule has 1 aliphatic heterocycles. The molecule has 11 nitrogen and oxygen atoms in total. The second-order valence-electron chi connectivity index (χ2n) is 10.1. The van der Waals surface area contributed by atoms with Gasteiger partial charge in [-0.25, -0.2) is 4.79 Å². The molecule has 3 aromatic carbocycles. The lowest BCUT2D eigenvalue weighted by Gasteiger charge is -2.24. The van der Waals surface area contributed by atoms with Crippen molar-refractivity contribution in [1.29, 1.82) is 0 Å². The highest BCUT2D eigenvalue weighted by Crippen LogP contribution is 2.45. The van der Waals surface area contributed by atoms with E-state index in [-0.39, 0.29) is 17.9 Å². The molecule has 4 atom stereocenters. The van der Waals surface area contributed by atoms with Gasteiger partial charge in [0.05, 0.1) is 5.39 Å². The van der Waals surface area contributed by atoms with Gasteiger partial charge in [0.1, 0.15) is 30.1 Å². The van der Waals surface area contributed by atoms with E-state index in [4.69, 9.17) is 28.1 Å². The van der Waals surface area contributed by atoms with E-state index in [2.05, 4.69) is 6.58 Å². The van der Waals surface area contributed by atoms with Crippen molar-refractivity contribution in [2.75, 3.05) is 6.61 Å². The Hall–Kier alpha value is -5.03. The smallest absolute Gasteiger partial charge is 0.344 e. The molecule has 0 spiro atoms. The monoisotopic (exact) mass is 588 g/mol. The molecule has 0 bridgehead atoms. The lowest BCUT2D eigenvalue weighted by atomic mass is 9.93. The van der Waals surface area contributed by atoms with Crippen LogP contribution in [0.5, 0.6) is 5.75 Å². The minimum absolute atomic E-state index is 0.169. The van der Waals surface area contributed by atoms with E-state index in [9.17, 15) is 24.0 Å². The van der Waals surface area contributed by atoms with Crippen LogP contribution in [-0.2, 0) is 38.1 Å². The first kappa shape index (κ1) is 29.5.